The van der Waals surface area contributed by atoms with Crippen LogP contribution >= 0.6 is 0 Å². The summed E-state index contributed by atoms with van der Waals surface area (Å²) in [5.41, 5.74) is 0. The fraction of sp³-hybridized carbons (Fsp3) is 1.00. The molecule has 0 atom stereocenters. The predicted molar refractivity (Wildman–Crippen MR) is 66.3 cm³/mol. The Morgan fingerprint density at radius 3 is 2.00 bits per heavy atom. The van der Waals surface area contributed by atoms with Crippen molar-refractivity contribution in [3.8, 4) is 0 Å². The van der Waals surface area contributed by atoms with Crippen LogP contribution in [-0.2, 0) is 4.74 Å². The zero-order chi connectivity index (χ0) is 12.1. The highest BCUT2D eigenvalue weighted by Gasteiger charge is 2.15. The molecule has 1 fully saturated rings. The first-order valence-electron chi connectivity index (χ1n) is 6.22. The average molecular weight is 219 g/mol. The lowest BCUT2D eigenvalue weighted by atomic mass is 10.1. The van der Waals surface area contributed by atoms with E-state index in [4.69, 9.17) is 4.74 Å². The Kier molecular flexibility index (Phi) is 16.0. The minimum absolute atomic E-state index is 0.0613. The quantitative estimate of drug-likeness (QED) is 0.789. The monoisotopic (exact) mass is 219 g/mol. The van der Waals surface area contributed by atoms with Gasteiger partial charge in [0.05, 0.1) is 12.7 Å². The molecule has 0 bridgehead atoms. The number of piperidine rings is 1. The number of ether oxygens (including phenoxy) is 1. The van der Waals surface area contributed by atoms with Gasteiger partial charge in [-0.15, -0.1) is 0 Å². The fourth-order valence-electron chi connectivity index (χ4n) is 1.36. The van der Waals surface area contributed by atoms with E-state index in [1.54, 1.807) is 7.11 Å². The molecule has 0 aromatic rings. The van der Waals surface area contributed by atoms with Gasteiger partial charge in [0.1, 0.15) is 0 Å². The molecule has 1 heterocycles. The molecule has 15 heavy (non-hydrogen) atoms. The molecule has 3 nitrogen and oxygen atoms in total. The summed E-state index contributed by atoms with van der Waals surface area (Å²) in [5.74, 6) is 0. The van der Waals surface area contributed by atoms with Crippen molar-refractivity contribution in [1.82, 2.24) is 4.90 Å². The summed E-state index contributed by atoms with van der Waals surface area (Å²) in [7, 11) is 1.72. The molecule has 0 aromatic carbocycles. The average Bonchev–Trinajstić information content (AvgIpc) is 2.34. The summed E-state index contributed by atoms with van der Waals surface area (Å²) < 4.78 is 4.97. The molecular formula is C12H29NO2. The topological polar surface area (TPSA) is 32.7 Å². The minimum Gasteiger partial charge on any atom is -0.393 e. The van der Waals surface area contributed by atoms with Crippen molar-refractivity contribution < 1.29 is 9.84 Å². The Morgan fingerprint density at radius 1 is 1.13 bits per heavy atom. The molecule has 0 saturated carbocycles. The second-order valence-corrected chi connectivity index (χ2v) is 3.07. The maximum atomic E-state index is 9.19. The van der Waals surface area contributed by atoms with Gasteiger partial charge in [0.25, 0.3) is 0 Å². The summed E-state index contributed by atoms with van der Waals surface area (Å²) in [4.78, 5) is 2.33. The molecule has 0 amide bonds. The Morgan fingerprint density at radius 2 is 1.60 bits per heavy atom. The Hall–Kier alpha value is -0.120. The highest BCUT2D eigenvalue weighted by Crippen LogP contribution is 2.08. The number of aliphatic hydroxyl groups is 1. The van der Waals surface area contributed by atoms with E-state index >= 15 is 0 Å². The van der Waals surface area contributed by atoms with Crippen LogP contribution in [0.4, 0.5) is 0 Å². The molecule has 3 heteroatoms. The lowest BCUT2D eigenvalue weighted by Crippen LogP contribution is -2.37. The molecule has 94 valence electrons. The number of rotatable bonds is 3. The van der Waals surface area contributed by atoms with Crippen molar-refractivity contribution in [3.05, 3.63) is 0 Å². The van der Waals surface area contributed by atoms with E-state index in [9.17, 15) is 5.11 Å². The summed E-state index contributed by atoms with van der Waals surface area (Å²) in [5, 5.41) is 9.19. The maximum absolute atomic E-state index is 9.19. The normalized spacial score (nSPS) is 17.2. The van der Waals surface area contributed by atoms with Crippen LogP contribution in [0.3, 0.4) is 0 Å². The van der Waals surface area contributed by atoms with E-state index in [0.717, 1.165) is 39.1 Å². The second kappa shape index (κ2) is 13.9. The first kappa shape index (κ1) is 17.3. The van der Waals surface area contributed by atoms with Crippen LogP contribution in [0.2, 0.25) is 0 Å². The first-order valence-corrected chi connectivity index (χ1v) is 6.22. The van der Waals surface area contributed by atoms with E-state index in [0.29, 0.717) is 0 Å². The van der Waals surface area contributed by atoms with E-state index in [1.807, 2.05) is 27.7 Å². The third-order valence-corrected chi connectivity index (χ3v) is 2.17. The van der Waals surface area contributed by atoms with Crippen LogP contribution in [0, 0.1) is 0 Å². The number of methoxy groups -OCH3 is 1. The molecule has 0 radical (unpaired) electrons. The third-order valence-electron chi connectivity index (χ3n) is 2.17. The van der Waals surface area contributed by atoms with Gasteiger partial charge in [-0.2, -0.15) is 0 Å². The van der Waals surface area contributed by atoms with E-state index < -0.39 is 0 Å². The van der Waals surface area contributed by atoms with Gasteiger partial charge in [-0.3, -0.25) is 0 Å². The molecule has 0 aromatic heterocycles. The zero-order valence-electron chi connectivity index (χ0n) is 11.1. The van der Waals surface area contributed by atoms with Gasteiger partial charge in [-0.1, -0.05) is 27.7 Å². The molecule has 0 spiro atoms. The smallest absolute Gasteiger partial charge is 0.0589 e. The van der Waals surface area contributed by atoms with E-state index in [2.05, 4.69) is 4.90 Å². The van der Waals surface area contributed by atoms with Gasteiger partial charge in [0.15, 0.2) is 0 Å². The Bertz CT molecular complexity index is 99.0. The molecule has 0 aliphatic carbocycles. The van der Waals surface area contributed by atoms with Crippen LogP contribution in [0.5, 0.6) is 0 Å². The molecule has 1 saturated heterocycles. The summed E-state index contributed by atoms with van der Waals surface area (Å²) >= 11 is 0. The summed E-state index contributed by atoms with van der Waals surface area (Å²) in [6.45, 7) is 11.8. The molecular weight excluding hydrogens is 190 g/mol. The lowest BCUT2D eigenvalue weighted by molar-refractivity contribution is 0.0666. The Labute approximate surface area is 95.4 Å². The van der Waals surface area contributed by atoms with Crippen molar-refractivity contribution in [2.75, 3.05) is 33.4 Å². The number of hydrogen-bond acceptors (Lipinski definition) is 3. The van der Waals surface area contributed by atoms with Crippen molar-refractivity contribution in [1.29, 1.82) is 0 Å². The largest absolute Gasteiger partial charge is 0.393 e. The van der Waals surface area contributed by atoms with E-state index in [1.165, 1.54) is 0 Å². The number of likely N-dealkylation sites (tertiary alicyclic amines) is 1. The maximum Gasteiger partial charge on any atom is 0.0589 e. The van der Waals surface area contributed by atoms with Gasteiger partial charge in [0.2, 0.25) is 0 Å². The van der Waals surface area contributed by atoms with Crippen LogP contribution in [0.1, 0.15) is 40.5 Å². The molecule has 1 N–H and O–H groups in total. The first-order chi connectivity index (χ1) is 7.33. The van der Waals surface area contributed by atoms with Gasteiger partial charge in [-0.05, 0) is 12.8 Å². The molecule has 1 aliphatic rings. The number of aliphatic hydroxyl groups excluding tert-OH is 1. The van der Waals surface area contributed by atoms with Gasteiger partial charge >= 0.3 is 0 Å². The SMILES string of the molecule is CC.CC.COCCN1CCC(O)CC1. The van der Waals surface area contributed by atoms with Crippen LogP contribution in [-0.4, -0.2) is 49.5 Å². The van der Waals surface area contributed by atoms with Gasteiger partial charge in [0, 0.05) is 26.7 Å². The highest BCUT2D eigenvalue weighted by molar-refractivity contribution is 4.70. The zero-order valence-corrected chi connectivity index (χ0v) is 11.1. The predicted octanol–water partition coefficient (Wildman–Crippen LogP) is 2.14. The van der Waals surface area contributed by atoms with Crippen LogP contribution in [0.15, 0.2) is 0 Å². The number of nitrogens with zero attached hydrogens (tertiary/aromatic N) is 1. The van der Waals surface area contributed by atoms with Crippen molar-refractivity contribution in [2.45, 2.75) is 46.6 Å². The summed E-state index contributed by atoms with van der Waals surface area (Å²) in [6, 6.07) is 0. The van der Waals surface area contributed by atoms with Gasteiger partial charge in [-0.25, -0.2) is 0 Å². The second-order valence-electron chi connectivity index (χ2n) is 3.07. The highest BCUT2D eigenvalue weighted by atomic mass is 16.5. The standard InChI is InChI=1S/C8H17NO2.2C2H6/c1-11-7-6-9-4-2-8(10)3-5-9;2*1-2/h8,10H,2-7H2,1H3;2*1-2H3. The van der Waals surface area contributed by atoms with Crippen molar-refractivity contribution in [2.24, 2.45) is 0 Å². The molecule has 1 rings (SSSR count). The Balaban J connectivity index is 0. The molecule has 0 unspecified atom stereocenters. The van der Waals surface area contributed by atoms with Crippen molar-refractivity contribution in [3.63, 3.8) is 0 Å². The van der Waals surface area contributed by atoms with Crippen molar-refractivity contribution >= 4 is 0 Å². The number of hydrogen-bond donors (Lipinski definition) is 1. The van der Waals surface area contributed by atoms with E-state index in [-0.39, 0.29) is 6.10 Å². The summed E-state index contributed by atoms with van der Waals surface area (Å²) in [6.07, 6.45) is 1.78. The molecule has 1 aliphatic heterocycles. The van der Waals surface area contributed by atoms with Gasteiger partial charge < -0.3 is 14.7 Å². The van der Waals surface area contributed by atoms with Crippen LogP contribution in [0.25, 0.3) is 0 Å². The fourth-order valence-corrected chi connectivity index (χ4v) is 1.36. The minimum atomic E-state index is -0.0613. The lowest BCUT2D eigenvalue weighted by Gasteiger charge is -2.28. The van der Waals surface area contributed by atoms with Crippen LogP contribution < -0.4 is 0 Å². The third kappa shape index (κ3) is 10.2.